The summed E-state index contributed by atoms with van der Waals surface area (Å²) in [4.78, 5) is 11.0. The molecule has 1 fully saturated rings. The number of nitrogens with one attached hydrogen (secondary N) is 1. The van der Waals surface area contributed by atoms with Gasteiger partial charge in [-0.05, 0) is 30.7 Å². The molecule has 0 atom stereocenters. The molecular weight excluding hydrogens is 308 g/mol. The molecule has 1 aliphatic heterocycles. The molecule has 3 rings (SSSR count). The highest BCUT2D eigenvalue weighted by Gasteiger charge is 2.24. The van der Waals surface area contributed by atoms with Crippen LogP contribution in [-0.2, 0) is 10.0 Å². The number of nitrogens with zero attached hydrogens (tertiary/aromatic N) is 3. The van der Waals surface area contributed by atoms with Crippen molar-refractivity contribution in [2.45, 2.75) is 25.8 Å². The third-order valence-electron chi connectivity index (χ3n) is 3.69. The predicted molar refractivity (Wildman–Crippen MR) is 85.4 cm³/mol. The average molecular weight is 326 g/mol. The fourth-order valence-corrected chi connectivity index (χ4v) is 4.55. The lowest BCUT2D eigenvalue weighted by Gasteiger charge is -2.32. The average Bonchev–Trinajstić information content (AvgIpc) is 2.80. The van der Waals surface area contributed by atoms with Crippen molar-refractivity contribution in [3.05, 3.63) is 17.3 Å². The minimum atomic E-state index is -3.13. The zero-order chi connectivity index (χ0) is 15.0. The molecule has 0 aliphatic carbocycles. The molecule has 2 aromatic rings. The van der Waals surface area contributed by atoms with Crippen LogP contribution in [0.5, 0.6) is 0 Å². The topological polar surface area (TPSA) is 75.2 Å². The number of hydrogen-bond donors (Lipinski definition) is 1. The molecule has 0 bridgehead atoms. The van der Waals surface area contributed by atoms with E-state index in [1.165, 1.54) is 11.8 Å². The Morgan fingerprint density at radius 1 is 1.33 bits per heavy atom. The summed E-state index contributed by atoms with van der Waals surface area (Å²) in [5.74, 6) is 0.968. The number of anilines is 1. The van der Waals surface area contributed by atoms with Crippen LogP contribution in [0.3, 0.4) is 0 Å². The Bertz CT molecular complexity index is 749. The minimum absolute atomic E-state index is 0.0265. The first kappa shape index (κ1) is 14.7. The molecule has 0 aromatic carbocycles. The number of hydrogen-bond acceptors (Lipinski definition) is 6. The van der Waals surface area contributed by atoms with Gasteiger partial charge in [0.25, 0.3) is 0 Å². The molecule has 0 saturated carbocycles. The molecule has 21 heavy (non-hydrogen) atoms. The number of piperidine rings is 1. The molecular formula is C13H18N4O2S2. The quantitative estimate of drug-likeness (QED) is 0.925. The highest BCUT2D eigenvalue weighted by Crippen LogP contribution is 2.32. The number of rotatable bonds is 3. The van der Waals surface area contributed by atoms with Gasteiger partial charge in [0, 0.05) is 19.1 Å². The number of aromatic nitrogens is 2. The maximum atomic E-state index is 11.3. The Morgan fingerprint density at radius 3 is 2.71 bits per heavy atom. The van der Waals surface area contributed by atoms with Crippen molar-refractivity contribution in [2.24, 2.45) is 0 Å². The van der Waals surface area contributed by atoms with Gasteiger partial charge >= 0.3 is 0 Å². The second-order valence-electron chi connectivity index (χ2n) is 5.45. The molecule has 2 aromatic heterocycles. The van der Waals surface area contributed by atoms with Crippen molar-refractivity contribution in [1.29, 1.82) is 0 Å². The summed E-state index contributed by atoms with van der Waals surface area (Å²) in [5.41, 5.74) is 2.19. The van der Waals surface area contributed by atoms with Crippen LogP contribution >= 0.6 is 11.3 Å². The van der Waals surface area contributed by atoms with Crippen molar-refractivity contribution in [3.8, 4) is 0 Å². The summed E-state index contributed by atoms with van der Waals surface area (Å²) in [6.45, 7) is 3.66. The highest BCUT2D eigenvalue weighted by molar-refractivity contribution is 7.88. The standard InChI is InChI=1S/C13H18N4O2S2/c1-9-7-20-12-11(9)14-8-15-13(12)17-5-3-10(4-6-17)16-21(2,18)19/h7-8,10,16H,3-6H2,1-2H3. The Balaban J connectivity index is 1.77. The molecule has 6 nitrogen and oxygen atoms in total. The van der Waals surface area contributed by atoms with E-state index in [9.17, 15) is 8.42 Å². The van der Waals surface area contributed by atoms with E-state index in [0.717, 1.165) is 42.0 Å². The Morgan fingerprint density at radius 2 is 2.05 bits per heavy atom. The highest BCUT2D eigenvalue weighted by atomic mass is 32.2. The largest absolute Gasteiger partial charge is 0.355 e. The van der Waals surface area contributed by atoms with Gasteiger partial charge < -0.3 is 4.90 Å². The zero-order valence-corrected chi connectivity index (χ0v) is 13.7. The maximum absolute atomic E-state index is 11.3. The van der Waals surface area contributed by atoms with Crippen LogP contribution in [0.2, 0.25) is 0 Å². The van der Waals surface area contributed by atoms with Crippen LogP contribution in [-0.4, -0.2) is 43.8 Å². The molecule has 1 saturated heterocycles. The first-order valence-corrected chi connectivity index (χ1v) is 9.62. The summed E-state index contributed by atoms with van der Waals surface area (Å²) in [5, 5.41) is 2.10. The van der Waals surface area contributed by atoms with Crippen LogP contribution in [0, 0.1) is 6.92 Å². The van der Waals surface area contributed by atoms with Gasteiger partial charge in [0.05, 0.1) is 16.5 Å². The van der Waals surface area contributed by atoms with E-state index >= 15 is 0 Å². The van der Waals surface area contributed by atoms with E-state index < -0.39 is 10.0 Å². The molecule has 3 heterocycles. The van der Waals surface area contributed by atoms with E-state index in [2.05, 4.69) is 31.9 Å². The fourth-order valence-electron chi connectivity index (χ4n) is 2.69. The van der Waals surface area contributed by atoms with Gasteiger partial charge in [0.15, 0.2) is 0 Å². The zero-order valence-electron chi connectivity index (χ0n) is 12.0. The van der Waals surface area contributed by atoms with E-state index in [4.69, 9.17) is 0 Å². The smallest absolute Gasteiger partial charge is 0.208 e. The molecule has 0 amide bonds. The lowest BCUT2D eigenvalue weighted by molar-refractivity contribution is 0.460. The molecule has 1 aliphatic rings. The van der Waals surface area contributed by atoms with Gasteiger partial charge in [0.2, 0.25) is 10.0 Å². The number of sulfonamides is 1. The molecule has 0 spiro atoms. The monoisotopic (exact) mass is 326 g/mol. The third kappa shape index (κ3) is 3.17. The molecule has 114 valence electrons. The minimum Gasteiger partial charge on any atom is -0.355 e. The molecule has 8 heteroatoms. The van der Waals surface area contributed by atoms with E-state index in [-0.39, 0.29) is 6.04 Å². The molecule has 0 unspecified atom stereocenters. The van der Waals surface area contributed by atoms with Crippen molar-refractivity contribution >= 4 is 37.4 Å². The van der Waals surface area contributed by atoms with Crippen LogP contribution in [0.4, 0.5) is 5.82 Å². The van der Waals surface area contributed by atoms with Crippen LogP contribution < -0.4 is 9.62 Å². The molecule has 1 N–H and O–H groups in total. The fraction of sp³-hybridized carbons (Fsp3) is 0.538. The second kappa shape index (κ2) is 5.51. The third-order valence-corrected chi connectivity index (χ3v) is 5.53. The van der Waals surface area contributed by atoms with Crippen molar-refractivity contribution < 1.29 is 8.42 Å². The Kier molecular flexibility index (Phi) is 3.85. The van der Waals surface area contributed by atoms with Gasteiger partial charge in [-0.25, -0.2) is 23.1 Å². The first-order chi connectivity index (χ1) is 9.94. The van der Waals surface area contributed by atoms with Gasteiger partial charge in [-0.15, -0.1) is 11.3 Å². The predicted octanol–water partition coefficient (Wildman–Crippen LogP) is 1.52. The second-order valence-corrected chi connectivity index (χ2v) is 8.10. The summed E-state index contributed by atoms with van der Waals surface area (Å²) < 4.78 is 26.4. The van der Waals surface area contributed by atoms with Gasteiger partial charge in [-0.2, -0.15) is 0 Å². The normalized spacial score (nSPS) is 17.5. The van der Waals surface area contributed by atoms with Crippen molar-refractivity contribution in [2.75, 3.05) is 24.2 Å². The van der Waals surface area contributed by atoms with E-state index in [0.29, 0.717) is 0 Å². The number of thiophene rings is 1. The summed E-state index contributed by atoms with van der Waals surface area (Å²) >= 11 is 1.67. The lowest BCUT2D eigenvalue weighted by Crippen LogP contribution is -2.44. The van der Waals surface area contributed by atoms with Crippen molar-refractivity contribution in [1.82, 2.24) is 14.7 Å². The van der Waals surface area contributed by atoms with Crippen LogP contribution in [0.1, 0.15) is 18.4 Å². The van der Waals surface area contributed by atoms with Crippen LogP contribution in [0.25, 0.3) is 10.2 Å². The SMILES string of the molecule is Cc1csc2c(N3CCC(NS(C)(=O)=O)CC3)ncnc12. The lowest BCUT2D eigenvalue weighted by atomic mass is 10.1. The van der Waals surface area contributed by atoms with Gasteiger partial charge in [0.1, 0.15) is 12.1 Å². The van der Waals surface area contributed by atoms with E-state index in [1.807, 2.05) is 0 Å². The summed E-state index contributed by atoms with van der Waals surface area (Å²) in [6.07, 6.45) is 4.41. The number of fused-ring (bicyclic) bond motifs is 1. The van der Waals surface area contributed by atoms with E-state index in [1.54, 1.807) is 17.7 Å². The van der Waals surface area contributed by atoms with Crippen LogP contribution in [0.15, 0.2) is 11.7 Å². The van der Waals surface area contributed by atoms with Gasteiger partial charge in [-0.1, -0.05) is 0 Å². The number of aryl methyl sites for hydroxylation is 1. The maximum Gasteiger partial charge on any atom is 0.208 e. The van der Waals surface area contributed by atoms with Crippen molar-refractivity contribution in [3.63, 3.8) is 0 Å². The Hall–Kier alpha value is -1.25. The van der Waals surface area contributed by atoms with Gasteiger partial charge in [-0.3, -0.25) is 0 Å². The summed E-state index contributed by atoms with van der Waals surface area (Å²) in [7, 11) is -3.13. The first-order valence-electron chi connectivity index (χ1n) is 6.85. The molecule has 0 radical (unpaired) electrons. The Labute approximate surface area is 128 Å². The summed E-state index contributed by atoms with van der Waals surface area (Å²) in [6, 6.07) is 0.0265.